The lowest BCUT2D eigenvalue weighted by Crippen LogP contribution is -2.25. The van der Waals surface area contributed by atoms with E-state index in [1.54, 1.807) is 13.2 Å². The van der Waals surface area contributed by atoms with Crippen LogP contribution < -0.4 is 9.47 Å². The van der Waals surface area contributed by atoms with Crippen molar-refractivity contribution in [2.45, 2.75) is 19.8 Å². The smallest absolute Gasteiger partial charge is 0.119 e. The Balaban J connectivity index is 1.51. The third-order valence-electron chi connectivity index (χ3n) is 7.05. The molecule has 4 heteroatoms. The van der Waals surface area contributed by atoms with E-state index in [0.29, 0.717) is 6.61 Å². The Bertz CT molecular complexity index is 1350. The second-order valence-electron chi connectivity index (χ2n) is 9.36. The van der Waals surface area contributed by atoms with Crippen LogP contribution in [0.2, 0.25) is 0 Å². The first-order valence-electron chi connectivity index (χ1n) is 12.7. The molecule has 0 bridgehead atoms. The molecule has 0 spiro atoms. The predicted octanol–water partition coefficient (Wildman–Crippen LogP) is 7.01. The Hall–Kier alpha value is -3.76. The van der Waals surface area contributed by atoms with E-state index >= 15 is 0 Å². The third kappa shape index (κ3) is 5.24. The first kappa shape index (κ1) is 24.0. The number of hydrogen-bond donors (Lipinski definition) is 1. The molecule has 5 rings (SSSR count). The molecule has 4 aromatic rings. The fraction of sp³-hybridized carbons (Fsp3) is 0.250. The number of phenols is 1. The summed E-state index contributed by atoms with van der Waals surface area (Å²) in [5, 5.41) is 12.1. The molecule has 4 nitrogen and oxygen atoms in total. The summed E-state index contributed by atoms with van der Waals surface area (Å²) >= 11 is 0. The van der Waals surface area contributed by atoms with Crippen LogP contribution >= 0.6 is 0 Å². The quantitative estimate of drug-likeness (QED) is 0.276. The molecule has 1 saturated heterocycles. The van der Waals surface area contributed by atoms with Crippen LogP contribution in [0, 0.1) is 0 Å². The minimum absolute atomic E-state index is 0.270. The van der Waals surface area contributed by atoms with Gasteiger partial charge in [0.2, 0.25) is 0 Å². The highest BCUT2D eigenvalue weighted by atomic mass is 16.5. The van der Waals surface area contributed by atoms with E-state index in [1.807, 2.05) is 36.4 Å². The molecule has 1 aliphatic heterocycles. The van der Waals surface area contributed by atoms with Crippen molar-refractivity contribution in [1.82, 2.24) is 4.90 Å². The van der Waals surface area contributed by atoms with Gasteiger partial charge in [0.25, 0.3) is 0 Å². The summed E-state index contributed by atoms with van der Waals surface area (Å²) in [5.74, 6) is 2.00. The number of fused-ring (bicyclic) bond motifs is 1. The van der Waals surface area contributed by atoms with E-state index in [2.05, 4.69) is 54.3 Å². The molecular weight excluding hydrogens is 446 g/mol. The minimum atomic E-state index is 0.270. The minimum Gasteiger partial charge on any atom is -0.508 e. The topological polar surface area (TPSA) is 41.9 Å². The lowest BCUT2D eigenvalue weighted by Gasteiger charge is -2.18. The largest absolute Gasteiger partial charge is 0.508 e. The van der Waals surface area contributed by atoms with Crippen LogP contribution in [0.15, 0.2) is 84.9 Å². The molecule has 184 valence electrons. The Morgan fingerprint density at radius 3 is 2.25 bits per heavy atom. The van der Waals surface area contributed by atoms with E-state index in [0.717, 1.165) is 51.1 Å². The van der Waals surface area contributed by atoms with Gasteiger partial charge in [0, 0.05) is 6.54 Å². The van der Waals surface area contributed by atoms with Crippen molar-refractivity contribution in [2.24, 2.45) is 0 Å². The van der Waals surface area contributed by atoms with Crippen LogP contribution in [0.3, 0.4) is 0 Å². The van der Waals surface area contributed by atoms with Gasteiger partial charge in [-0.1, -0.05) is 48.5 Å². The number of phenolic OH excluding ortho intramolecular Hbond substituents is 1. The van der Waals surface area contributed by atoms with Crippen LogP contribution in [0.4, 0.5) is 0 Å². The number of allylic oxidation sites excluding steroid dienone is 1. The van der Waals surface area contributed by atoms with Gasteiger partial charge in [-0.25, -0.2) is 0 Å². The number of ether oxygens (including phenoxy) is 2. The molecule has 36 heavy (non-hydrogen) atoms. The van der Waals surface area contributed by atoms with Crippen molar-refractivity contribution < 1.29 is 14.6 Å². The van der Waals surface area contributed by atoms with Gasteiger partial charge in [0.15, 0.2) is 0 Å². The fourth-order valence-corrected chi connectivity index (χ4v) is 5.07. The average Bonchev–Trinajstić information content (AvgIpc) is 3.43. The normalized spacial score (nSPS) is 14.6. The predicted molar refractivity (Wildman–Crippen MR) is 148 cm³/mol. The maximum absolute atomic E-state index is 10.0. The van der Waals surface area contributed by atoms with E-state index in [9.17, 15) is 5.11 Å². The van der Waals surface area contributed by atoms with Crippen LogP contribution in [-0.4, -0.2) is 43.4 Å². The number of benzene rings is 4. The summed E-state index contributed by atoms with van der Waals surface area (Å²) in [6, 6.07) is 28.4. The number of likely N-dealkylation sites (tertiary alicyclic amines) is 1. The van der Waals surface area contributed by atoms with Gasteiger partial charge in [0.1, 0.15) is 23.9 Å². The van der Waals surface area contributed by atoms with Gasteiger partial charge in [-0.05, 0) is 108 Å². The average molecular weight is 480 g/mol. The number of hydrogen-bond acceptors (Lipinski definition) is 4. The monoisotopic (exact) mass is 479 g/mol. The molecule has 0 saturated carbocycles. The number of rotatable bonds is 8. The molecule has 0 radical (unpaired) electrons. The van der Waals surface area contributed by atoms with Crippen molar-refractivity contribution in [3.63, 3.8) is 0 Å². The van der Waals surface area contributed by atoms with Gasteiger partial charge >= 0.3 is 0 Å². The van der Waals surface area contributed by atoms with E-state index in [-0.39, 0.29) is 5.75 Å². The maximum atomic E-state index is 10.0. The zero-order valence-electron chi connectivity index (χ0n) is 21.0. The molecule has 1 fully saturated rings. The molecule has 0 aliphatic carbocycles. The standard InChI is InChI=1S/C32H33NO3/c1-23(24-8-15-29(16-9-24)36-21-20-33-18-3-4-19-33)32(25-10-13-28(35-2)14-11-25)31-7-5-6-26-22-27(34)12-17-30(26)31/h5-17,22,34H,3-4,18-21H2,1-2H3/b32-23+. The van der Waals surface area contributed by atoms with Crippen LogP contribution in [-0.2, 0) is 0 Å². The second-order valence-corrected chi connectivity index (χ2v) is 9.36. The summed E-state index contributed by atoms with van der Waals surface area (Å²) in [6.07, 6.45) is 2.60. The number of nitrogens with zero attached hydrogens (tertiary/aromatic N) is 1. The van der Waals surface area contributed by atoms with Gasteiger partial charge in [-0.15, -0.1) is 0 Å². The Labute approximate surface area is 213 Å². The van der Waals surface area contributed by atoms with Gasteiger partial charge in [0.05, 0.1) is 7.11 Å². The van der Waals surface area contributed by atoms with E-state index in [1.165, 1.54) is 31.5 Å². The highest BCUT2D eigenvalue weighted by Gasteiger charge is 2.15. The first-order valence-corrected chi connectivity index (χ1v) is 12.7. The summed E-state index contributed by atoms with van der Waals surface area (Å²) in [4.78, 5) is 2.46. The zero-order chi connectivity index (χ0) is 24.9. The summed E-state index contributed by atoms with van der Waals surface area (Å²) in [6.45, 7) is 6.25. The molecule has 1 aliphatic rings. The molecule has 1 N–H and O–H groups in total. The van der Waals surface area contributed by atoms with Crippen LogP contribution in [0.1, 0.15) is 36.5 Å². The van der Waals surface area contributed by atoms with Gasteiger partial charge < -0.3 is 14.6 Å². The number of aromatic hydroxyl groups is 1. The van der Waals surface area contributed by atoms with Crippen molar-refractivity contribution in [3.05, 3.63) is 102 Å². The fourth-order valence-electron chi connectivity index (χ4n) is 5.07. The summed E-state index contributed by atoms with van der Waals surface area (Å²) in [5.41, 5.74) is 5.70. The Morgan fingerprint density at radius 1 is 0.833 bits per heavy atom. The van der Waals surface area contributed by atoms with Crippen molar-refractivity contribution >= 4 is 21.9 Å². The highest BCUT2D eigenvalue weighted by Crippen LogP contribution is 2.37. The summed E-state index contributed by atoms with van der Waals surface area (Å²) < 4.78 is 11.4. The molecule has 0 amide bonds. The second kappa shape index (κ2) is 10.9. The highest BCUT2D eigenvalue weighted by molar-refractivity contribution is 6.06. The van der Waals surface area contributed by atoms with Gasteiger partial charge in [-0.3, -0.25) is 4.90 Å². The molecule has 0 aromatic heterocycles. The lowest BCUT2D eigenvalue weighted by atomic mass is 9.87. The van der Waals surface area contributed by atoms with E-state index in [4.69, 9.17) is 9.47 Å². The van der Waals surface area contributed by atoms with E-state index < -0.39 is 0 Å². The molecular formula is C32H33NO3. The lowest BCUT2D eigenvalue weighted by molar-refractivity contribution is 0.238. The third-order valence-corrected chi connectivity index (χ3v) is 7.05. The maximum Gasteiger partial charge on any atom is 0.119 e. The van der Waals surface area contributed by atoms with Crippen LogP contribution in [0.5, 0.6) is 17.2 Å². The summed E-state index contributed by atoms with van der Waals surface area (Å²) in [7, 11) is 1.68. The molecule has 0 atom stereocenters. The zero-order valence-corrected chi connectivity index (χ0v) is 21.0. The van der Waals surface area contributed by atoms with Crippen LogP contribution in [0.25, 0.3) is 21.9 Å². The van der Waals surface area contributed by atoms with Crippen molar-refractivity contribution in [3.8, 4) is 17.2 Å². The Kier molecular flexibility index (Phi) is 7.24. The van der Waals surface area contributed by atoms with Crippen molar-refractivity contribution in [1.29, 1.82) is 0 Å². The molecule has 1 heterocycles. The Morgan fingerprint density at radius 2 is 1.53 bits per heavy atom. The first-order chi connectivity index (χ1) is 17.6. The number of methoxy groups -OCH3 is 1. The van der Waals surface area contributed by atoms with Crippen molar-refractivity contribution in [2.75, 3.05) is 33.4 Å². The molecule has 4 aromatic carbocycles. The van der Waals surface area contributed by atoms with Gasteiger partial charge in [-0.2, -0.15) is 0 Å². The SMILES string of the molecule is COc1ccc(/C(=C(/C)c2ccc(OCCN3CCCC3)cc2)c2cccc3cc(O)ccc23)cc1. The molecule has 0 unspecified atom stereocenters.